The zero-order valence-electron chi connectivity index (χ0n) is 31.3. The molecule has 2 aliphatic carbocycles. The topological polar surface area (TPSA) is 162 Å². The van der Waals surface area contributed by atoms with Crippen molar-refractivity contribution in [2.45, 2.75) is 32.6 Å². The number of aryl methyl sites for hydroxylation is 2. The first-order chi connectivity index (χ1) is 27.3. The fraction of sp³-hybridized carbons (Fsp3) is 0.310. The Morgan fingerprint density at radius 3 is 2.53 bits per heavy atom. The largest absolute Gasteiger partial charge is 0.491 e. The molecule has 12 nitrogen and oxygen atoms in total. The molecule has 0 radical (unpaired) electrons. The van der Waals surface area contributed by atoms with Crippen LogP contribution in [0.3, 0.4) is 0 Å². The van der Waals surface area contributed by atoms with Crippen molar-refractivity contribution >= 4 is 80.7 Å². The number of aliphatic hydroxyl groups excluding tert-OH is 1. The van der Waals surface area contributed by atoms with Crippen LogP contribution in [0.15, 0.2) is 84.4 Å². The number of carbonyl (C=O) groups excluding carboxylic acids is 4. The highest BCUT2D eigenvalue weighted by atomic mass is 35.5. The van der Waals surface area contributed by atoms with Crippen molar-refractivity contribution < 1.29 is 39.1 Å². The Morgan fingerprint density at radius 2 is 1.75 bits per heavy atom. The van der Waals surface area contributed by atoms with E-state index in [4.69, 9.17) is 21.4 Å². The molecule has 3 aromatic carbocycles. The van der Waals surface area contributed by atoms with Crippen LogP contribution in [0.5, 0.6) is 5.75 Å². The number of amides is 4. The Hall–Kier alpha value is -5.12. The van der Waals surface area contributed by atoms with Crippen LogP contribution in [-0.4, -0.2) is 68.9 Å². The van der Waals surface area contributed by atoms with E-state index < -0.39 is 65.8 Å². The maximum Gasteiger partial charge on any atom is 0.488 e. The zero-order valence-corrected chi connectivity index (χ0v) is 32.8. The number of hydrogen-bond donors (Lipinski definition) is 3. The zero-order chi connectivity index (χ0) is 40.1. The summed E-state index contributed by atoms with van der Waals surface area (Å²) in [6.07, 6.45) is 2.33. The van der Waals surface area contributed by atoms with Gasteiger partial charge in [-0.25, -0.2) is 4.90 Å². The number of allylic oxidation sites excluding steroid dienone is 2. The summed E-state index contributed by atoms with van der Waals surface area (Å²) in [7, 11) is -0.0935. The number of imide groups is 2. The lowest BCUT2D eigenvalue weighted by Crippen LogP contribution is -2.49. The average Bonchev–Trinajstić information content (AvgIpc) is 3.87. The molecule has 0 bridgehead atoms. The van der Waals surface area contributed by atoms with Gasteiger partial charge in [0.1, 0.15) is 23.9 Å². The molecule has 9 rings (SSSR count). The van der Waals surface area contributed by atoms with Crippen LogP contribution >= 0.6 is 22.9 Å². The van der Waals surface area contributed by atoms with E-state index in [9.17, 15) is 29.5 Å². The number of halogens is 1. The summed E-state index contributed by atoms with van der Waals surface area (Å²) in [4.78, 5) is 62.1. The maximum atomic E-state index is 15.2. The molecule has 5 aromatic rings. The first-order valence-corrected chi connectivity index (χ1v) is 20.0. The van der Waals surface area contributed by atoms with Crippen molar-refractivity contribution in [3.8, 4) is 16.3 Å². The van der Waals surface area contributed by atoms with Crippen LogP contribution in [0.25, 0.3) is 20.7 Å². The molecule has 4 heterocycles. The lowest BCUT2D eigenvalue weighted by Gasteiger charge is -2.49. The minimum absolute atomic E-state index is 0.000746. The third-order valence-corrected chi connectivity index (χ3v) is 14.0. The molecule has 57 heavy (non-hydrogen) atoms. The second-order valence-electron chi connectivity index (χ2n) is 15.5. The van der Waals surface area contributed by atoms with Gasteiger partial charge in [0.15, 0.2) is 0 Å². The van der Waals surface area contributed by atoms with Gasteiger partial charge in [-0.1, -0.05) is 53.6 Å². The van der Waals surface area contributed by atoms with Gasteiger partial charge < -0.3 is 19.9 Å². The highest BCUT2D eigenvalue weighted by Gasteiger charge is 2.68. The second-order valence-corrected chi connectivity index (χ2v) is 16.9. The van der Waals surface area contributed by atoms with Crippen molar-refractivity contribution in [3.63, 3.8) is 0 Å². The fourth-order valence-corrected chi connectivity index (χ4v) is 11.2. The van der Waals surface area contributed by atoms with Gasteiger partial charge in [-0.15, -0.1) is 11.3 Å². The number of rotatable bonds is 8. The van der Waals surface area contributed by atoms with Crippen LogP contribution in [0.4, 0.5) is 11.5 Å². The van der Waals surface area contributed by atoms with Crippen LogP contribution in [0, 0.1) is 36.0 Å². The molecule has 1 saturated carbocycles. The number of aliphatic hydroxyl groups is 1. The molecule has 4 amide bonds. The van der Waals surface area contributed by atoms with Gasteiger partial charge in [-0.2, -0.15) is 5.10 Å². The van der Waals surface area contributed by atoms with Crippen molar-refractivity contribution in [3.05, 3.63) is 101 Å². The van der Waals surface area contributed by atoms with E-state index in [1.807, 2.05) is 50.3 Å². The van der Waals surface area contributed by atoms with E-state index in [-0.39, 0.29) is 37.2 Å². The molecular weight excluding hydrogens is 767 g/mol. The fourth-order valence-electron chi connectivity index (χ4n) is 9.88. The summed E-state index contributed by atoms with van der Waals surface area (Å²) in [6.45, 7) is 3.56. The predicted molar refractivity (Wildman–Crippen MR) is 216 cm³/mol. The van der Waals surface area contributed by atoms with Crippen LogP contribution in [0.1, 0.15) is 36.8 Å². The summed E-state index contributed by atoms with van der Waals surface area (Å²) < 4.78 is 8.63. The molecule has 15 heteroatoms. The average molecular weight is 805 g/mol. The van der Waals surface area contributed by atoms with E-state index in [1.54, 1.807) is 53.4 Å². The van der Waals surface area contributed by atoms with Gasteiger partial charge in [0, 0.05) is 34.3 Å². The minimum Gasteiger partial charge on any atom is -0.491 e. The third-order valence-electron chi connectivity index (χ3n) is 12.5. The standard InChI is InChI=1S/C42H38BClN4O8S/c1-21-28-18-23(44)11-14-33(28)57-37(21)31-20-34(46(3)45-31)48-39(51)30-19-29-25(36(42(30,2)41(48)53)26-9-4-5-10-32(26)56-16-15-49)12-13-27-35(29)40(52)47(38(27)50)24-8-6-7-22(17-24)43(54)55/h4-12,14,17-18,20,27,29-30,35-36,49,54-55H,13,15-16,19H2,1-3H3. The molecule has 3 N–H and O–H groups in total. The van der Waals surface area contributed by atoms with Gasteiger partial charge in [-0.3, -0.25) is 28.8 Å². The Morgan fingerprint density at radius 1 is 0.965 bits per heavy atom. The number of ether oxygens (including phenoxy) is 1. The van der Waals surface area contributed by atoms with E-state index in [1.165, 1.54) is 17.0 Å². The van der Waals surface area contributed by atoms with Gasteiger partial charge in [0.2, 0.25) is 23.6 Å². The van der Waals surface area contributed by atoms with Crippen molar-refractivity contribution in [2.24, 2.45) is 36.1 Å². The number of fused-ring (bicyclic) bond motifs is 5. The Labute approximate surface area is 337 Å². The highest BCUT2D eigenvalue weighted by Crippen LogP contribution is 2.64. The lowest BCUT2D eigenvalue weighted by molar-refractivity contribution is -0.131. The number of carbonyl (C=O) groups is 4. The SMILES string of the molecule is Cc1c(-c2cc(N3C(=O)C4CC5C(=CCC6C(=O)N(c7cccc(B(O)O)c7)C(=O)C65)C(c5ccccc5OCCO)C4(C)C3=O)n(C)n2)sc2ccc(Cl)cc12. The van der Waals surface area contributed by atoms with Gasteiger partial charge in [-0.05, 0) is 85.4 Å². The second kappa shape index (κ2) is 13.8. The van der Waals surface area contributed by atoms with E-state index >= 15 is 4.79 Å². The van der Waals surface area contributed by atoms with Crippen LogP contribution in [0.2, 0.25) is 5.02 Å². The Balaban J connectivity index is 1.15. The monoisotopic (exact) mass is 804 g/mol. The number of nitrogens with zero attached hydrogens (tertiary/aromatic N) is 4. The first-order valence-electron chi connectivity index (χ1n) is 18.8. The lowest BCUT2D eigenvalue weighted by atomic mass is 9.51. The van der Waals surface area contributed by atoms with Gasteiger partial charge >= 0.3 is 7.12 Å². The molecule has 6 atom stereocenters. The molecule has 290 valence electrons. The number of anilines is 2. The molecule has 2 aliphatic heterocycles. The quantitative estimate of drug-likeness (QED) is 0.114. The molecule has 0 spiro atoms. The maximum absolute atomic E-state index is 15.2. The van der Waals surface area contributed by atoms with Crippen LogP contribution in [-0.2, 0) is 26.2 Å². The molecular formula is C42H38BClN4O8S. The number of para-hydroxylation sites is 1. The number of aromatic nitrogens is 2. The van der Waals surface area contributed by atoms with Crippen molar-refractivity contribution in [1.29, 1.82) is 0 Å². The predicted octanol–water partition coefficient (Wildman–Crippen LogP) is 4.75. The van der Waals surface area contributed by atoms with Crippen molar-refractivity contribution in [2.75, 3.05) is 23.0 Å². The number of thiophene rings is 1. The summed E-state index contributed by atoms with van der Waals surface area (Å²) in [5, 5.41) is 35.8. The number of hydrogen-bond acceptors (Lipinski definition) is 10. The van der Waals surface area contributed by atoms with Gasteiger partial charge in [0.05, 0.1) is 40.3 Å². The molecule has 6 unspecified atom stereocenters. The Kier molecular flexibility index (Phi) is 9.05. The summed E-state index contributed by atoms with van der Waals surface area (Å²) in [5.41, 5.74) is 2.04. The smallest absolute Gasteiger partial charge is 0.488 e. The highest BCUT2D eigenvalue weighted by molar-refractivity contribution is 7.22. The minimum atomic E-state index is -1.80. The summed E-state index contributed by atoms with van der Waals surface area (Å²) in [5.74, 6) is -4.68. The normalized spacial score (nSPS) is 25.5. The third kappa shape index (κ3) is 5.56. The molecule has 4 aliphatic rings. The summed E-state index contributed by atoms with van der Waals surface area (Å²) >= 11 is 7.87. The van der Waals surface area contributed by atoms with Crippen molar-refractivity contribution in [1.82, 2.24) is 9.78 Å². The first kappa shape index (κ1) is 37.5. The van der Waals surface area contributed by atoms with E-state index in [2.05, 4.69) is 0 Å². The summed E-state index contributed by atoms with van der Waals surface area (Å²) in [6, 6.07) is 20.8. The van der Waals surface area contributed by atoms with E-state index in [0.717, 1.165) is 31.0 Å². The Bertz CT molecular complexity index is 2570. The number of benzene rings is 3. The van der Waals surface area contributed by atoms with Crippen LogP contribution < -0.4 is 20.0 Å². The van der Waals surface area contributed by atoms with Gasteiger partial charge in [0.25, 0.3) is 0 Å². The molecule has 2 saturated heterocycles. The van der Waals surface area contributed by atoms with E-state index in [0.29, 0.717) is 27.8 Å². The molecule has 2 aromatic heterocycles. The molecule has 3 fully saturated rings.